The van der Waals surface area contributed by atoms with Crippen molar-refractivity contribution in [3.63, 3.8) is 0 Å². The van der Waals surface area contributed by atoms with Crippen molar-refractivity contribution in [2.24, 2.45) is 0 Å². The molecule has 28 heavy (non-hydrogen) atoms. The van der Waals surface area contributed by atoms with E-state index in [1.165, 1.54) is 11.6 Å². The van der Waals surface area contributed by atoms with E-state index < -0.39 is 15.9 Å². The predicted molar refractivity (Wildman–Crippen MR) is 116 cm³/mol. The van der Waals surface area contributed by atoms with Crippen molar-refractivity contribution in [1.29, 1.82) is 0 Å². The van der Waals surface area contributed by atoms with Gasteiger partial charge in [-0.3, -0.25) is 9.10 Å². The van der Waals surface area contributed by atoms with E-state index in [1.807, 2.05) is 39.0 Å². The molecule has 1 atom stereocenters. The standard InChI is InChI=1S/C20H24Cl2N2O3S/c1-5-17(15-10-9-13(2)14(3)11-15)23-19(25)12-24(28(4,26)27)18-8-6-7-16(21)20(18)22/h6-11,17H,5,12H2,1-4H3,(H,23,25). The van der Waals surface area contributed by atoms with Gasteiger partial charge in [-0.05, 0) is 49.1 Å². The zero-order chi connectivity index (χ0) is 21.1. The summed E-state index contributed by atoms with van der Waals surface area (Å²) in [7, 11) is -3.74. The largest absolute Gasteiger partial charge is 0.348 e. The summed E-state index contributed by atoms with van der Waals surface area (Å²) in [4.78, 5) is 12.7. The maximum absolute atomic E-state index is 12.7. The maximum atomic E-state index is 12.7. The summed E-state index contributed by atoms with van der Waals surface area (Å²) in [5, 5.41) is 3.22. The van der Waals surface area contributed by atoms with Crippen LogP contribution in [0.4, 0.5) is 5.69 Å². The summed E-state index contributed by atoms with van der Waals surface area (Å²) < 4.78 is 25.5. The van der Waals surface area contributed by atoms with Crippen LogP contribution in [0.1, 0.15) is 36.1 Å². The first kappa shape index (κ1) is 22.5. The number of hydrogen-bond donors (Lipinski definition) is 1. The first-order valence-corrected chi connectivity index (χ1v) is 11.4. The molecule has 0 heterocycles. The van der Waals surface area contributed by atoms with Crippen LogP contribution in [-0.4, -0.2) is 27.1 Å². The Hall–Kier alpha value is -1.76. The van der Waals surface area contributed by atoms with E-state index in [9.17, 15) is 13.2 Å². The quantitative estimate of drug-likeness (QED) is 0.678. The van der Waals surface area contributed by atoms with Gasteiger partial charge in [-0.2, -0.15) is 0 Å². The van der Waals surface area contributed by atoms with E-state index in [-0.39, 0.29) is 28.3 Å². The van der Waals surface area contributed by atoms with Crippen molar-refractivity contribution in [3.05, 3.63) is 63.1 Å². The molecule has 1 amide bonds. The minimum Gasteiger partial charge on any atom is -0.348 e. The van der Waals surface area contributed by atoms with Gasteiger partial charge in [-0.25, -0.2) is 8.42 Å². The number of carbonyl (C=O) groups is 1. The molecule has 2 rings (SSSR count). The molecule has 0 aliphatic carbocycles. The van der Waals surface area contributed by atoms with E-state index in [0.29, 0.717) is 6.42 Å². The highest BCUT2D eigenvalue weighted by Crippen LogP contribution is 2.33. The summed E-state index contributed by atoms with van der Waals surface area (Å²) in [6.07, 6.45) is 1.70. The van der Waals surface area contributed by atoms with Gasteiger partial charge in [0.25, 0.3) is 0 Å². The van der Waals surface area contributed by atoms with Crippen LogP contribution in [-0.2, 0) is 14.8 Å². The molecule has 8 heteroatoms. The second-order valence-electron chi connectivity index (χ2n) is 6.71. The van der Waals surface area contributed by atoms with Crippen LogP contribution in [0, 0.1) is 13.8 Å². The molecule has 1 unspecified atom stereocenters. The molecular weight excluding hydrogens is 419 g/mol. The molecule has 0 aromatic heterocycles. The van der Waals surface area contributed by atoms with Gasteiger partial charge in [-0.1, -0.05) is 54.4 Å². The molecule has 0 saturated heterocycles. The molecule has 0 bridgehead atoms. The molecular formula is C20H24Cl2N2O3S. The zero-order valence-electron chi connectivity index (χ0n) is 16.3. The number of amides is 1. The lowest BCUT2D eigenvalue weighted by molar-refractivity contribution is -0.120. The molecule has 0 saturated carbocycles. The Kier molecular flexibility index (Phi) is 7.37. The fourth-order valence-corrected chi connectivity index (χ4v) is 4.15. The van der Waals surface area contributed by atoms with Crippen LogP contribution in [0.5, 0.6) is 0 Å². The summed E-state index contributed by atoms with van der Waals surface area (Å²) in [6, 6.07) is 10.5. The predicted octanol–water partition coefficient (Wildman–Crippen LogP) is 4.64. The lowest BCUT2D eigenvalue weighted by Gasteiger charge is -2.25. The summed E-state index contributed by atoms with van der Waals surface area (Å²) in [5.41, 5.74) is 3.45. The molecule has 0 aliphatic heterocycles. The van der Waals surface area contributed by atoms with Crippen molar-refractivity contribution >= 4 is 44.8 Å². The molecule has 0 spiro atoms. The highest BCUT2D eigenvalue weighted by molar-refractivity contribution is 7.92. The summed E-state index contributed by atoms with van der Waals surface area (Å²) >= 11 is 12.2. The lowest BCUT2D eigenvalue weighted by atomic mass is 9.99. The number of aryl methyl sites for hydroxylation is 2. The van der Waals surface area contributed by atoms with E-state index >= 15 is 0 Å². The Labute approximate surface area is 176 Å². The number of rotatable bonds is 7. The number of hydrogen-bond acceptors (Lipinski definition) is 3. The third-order valence-corrected chi connectivity index (χ3v) is 6.50. The Bertz CT molecular complexity index is 977. The number of benzene rings is 2. The Morgan fingerprint density at radius 2 is 1.82 bits per heavy atom. The fraction of sp³-hybridized carbons (Fsp3) is 0.350. The molecule has 0 radical (unpaired) electrons. The van der Waals surface area contributed by atoms with Crippen molar-refractivity contribution in [3.8, 4) is 0 Å². The van der Waals surface area contributed by atoms with Crippen LogP contribution in [0.15, 0.2) is 36.4 Å². The molecule has 5 nitrogen and oxygen atoms in total. The van der Waals surface area contributed by atoms with E-state index in [1.54, 1.807) is 12.1 Å². The second-order valence-corrected chi connectivity index (χ2v) is 9.41. The monoisotopic (exact) mass is 442 g/mol. The third kappa shape index (κ3) is 5.40. The van der Waals surface area contributed by atoms with Crippen molar-refractivity contribution in [1.82, 2.24) is 5.32 Å². The number of nitrogens with zero attached hydrogens (tertiary/aromatic N) is 1. The first-order chi connectivity index (χ1) is 13.0. The van der Waals surface area contributed by atoms with Gasteiger partial charge in [-0.15, -0.1) is 0 Å². The minimum absolute atomic E-state index is 0.0867. The van der Waals surface area contributed by atoms with Crippen LogP contribution in [0.3, 0.4) is 0 Å². The zero-order valence-corrected chi connectivity index (χ0v) is 18.6. The maximum Gasteiger partial charge on any atom is 0.241 e. The highest BCUT2D eigenvalue weighted by Gasteiger charge is 2.25. The number of carbonyl (C=O) groups excluding carboxylic acids is 1. The van der Waals surface area contributed by atoms with Crippen molar-refractivity contribution < 1.29 is 13.2 Å². The highest BCUT2D eigenvalue weighted by atomic mass is 35.5. The fourth-order valence-electron chi connectivity index (χ4n) is 2.84. The molecule has 2 aromatic rings. The average molecular weight is 443 g/mol. The molecule has 1 N–H and O–H groups in total. The van der Waals surface area contributed by atoms with Gasteiger partial charge in [0.2, 0.25) is 15.9 Å². The Morgan fingerprint density at radius 1 is 1.14 bits per heavy atom. The van der Waals surface area contributed by atoms with Gasteiger partial charge in [0.05, 0.1) is 28.0 Å². The Morgan fingerprint density at radius 3 is 2.39 bits per heavy atom. The topological polar surface area (TPSA) is 66.5 Å². The SMILES string of the molecule is CCC(NC(=O)CN(c1cccc(Cl)c1Cl)S(C)(=O)=O)c1ccc(C)c(C)c1. The smallest absolute Gasteiger partial charge is 0.241 e. The van der Waals surface area contributed by atoms with Gasteiger partial charge in [0.1, 0.15) is 6.54 Å². The molecule has 0 fully saturated rings. The normalized spacial score (nSPS) is 12.5. The van der Waals surface area contributed by atoms with Gasteiger partial charge >= 0.3 is 0 Å². The lowest BCUT2D eigenvalue weighted by Crippen LogP contribution is -2.41. The van der Waals surface area contributed by atoms with Gasteiger partial charge in [0, 0.05) is 0 Å². The molecule has 152 valence electrons. The van der Waals surface area contributed by atoms with Crippen molar-refractivity contribution in [2.45, 2.75) is 33.2 Å². The van der Waals surface area contributed by atoms with Gasteiger partial charge in [0.15, 0.2) is 0 Å². The van der Waals surface area contributed by atoms with E-state index in [2.05, 4.69) is 5.32 Å². The number of nitrogens with one attached hydrogen (secondary N) is 1. The first-order valence-electron chi connectivity index (χ1n) is 8.82. The minimum atomic E-state index is -3.74. The van der Waals surface area contributed by atoms with E-state index in [4.69, 9.17) is 23.2 Å². The second kappa shape index (κ2) is 9.16. The molecule has 2 aromatic carbocycles. The van der Waals surface area contributed by atoms with Crippen LogP contribution in [0.25, 0.3) is 0 Å². The average Bonchev–Trinajstić information content (AvgIpc) is 2.62. The van der Waals surface area contributed by atoms with Crippen LogP contribution < -0.4 is 9.62 Å². The Balaban J connectivity index is 2.26. The number of halogens is 2. The van der Waals surface area contributed by atoms with Gasteiger partial charge < -0.3 is 5.32 Å². The van der Waals surface area contributed by atoms with Crippen LogP contribution in [0.2, 0.25) is 10.0 Å². The third-order valence-electron chi connectivity index (χ3n) is 4.56. The summed E-state index contributed by atoms with van der Waals surface area (Å²) in [6.45, 7) is 5.61. The van der Waals surface area contributed by atoms with E-state index in [0.717, 1.165) is 21.7 Å². The molecule has 0 aliphatic rings. The van der Waals surface area contributed by atoms with Crippen LogP contribution >= 0.6 is 23.2 Å². The number of anilines is 1. The summed E-state index contributed by atoms with van der Waals surface area (Å²) in [5.74, 6) is -0.424. The van der Waals surface area contributed by atoms with Crippen molar-refractivity contribution in [2.75, 3.05) is 17.1 Å². The number of sulfonamides is 1.